The Bertz CT molecular complexity index is 661. The average molecular weight is 291 g/mol. The predicted molar refractivity (Wildman–Crippen MR) is 63.5 cm³/mol. The molecule has 0 radical (unpaired) electrons. The number of nitrogens with one attached hydrogen (secondary N) is 1. The lowest BCUT2D eigenvalue weighted by atomic mass is 10.4. The number of aryl methyl sites for hydroxylation is 2. The molecule has 0 atom stereocenters. The van der Waals surface area contributed by atoms with Gasteiger partial charge in [-0.3, -0.25) is 0 Å². The normalized spacial score (nSPS) is 11.9. The van der Waals surface area contributed by atoms with Crippen LogP contribution in [0.3, 0.4) is 0 Å². The van der Waals surface area contributed by atoms with Crippen molar-refractivity contribution in [3.8, 4) is 0 Å². The van der Waals surface area contributed by atoms with Crippen LogP contribution in [0.1, 0.15) is 11.5 Å². The largest absolute Gasteiger partial charge is 0.361 e. The monoisotopic (exact) mass is 290 g/mol. The van der Waals surface area contributed by atoms with Gasteiger partial charge in [0.15, 0.2) is 0 Å². The zero-order chi connectivity index (χ0) is 13.3. The van der Waals surface area contributed by atoms with E-state index in [2.05, 4.69) is 14.9 Å². The van der Waals surface area contributed by atoms with Crippen LogP contribution in [0.5, 0.6) is 0 Å². The fourth-order valence-corrected chi connectivity index (χ4v) is 2.74. The lowest BCUT2D eigenvalue weighted by Gasteiger charge is -2.02. The van der Waals surface area contributed by atoms with Gasteiger partial charge in [0.2, 0.25) is 5.03 Å². The Morgan fingerprint density at radius 1 is 1.56 bits per heavy atom. The third-order valence-corrected chi connectivity index (χ3v) is 4.10. The summed E-state index contributed by atoms with van der Waals surface area (Å²) in [5.74, 6) is 0.611. The van der Waals surface area contributed by atoms with Crippen LogP contribution in [0.4, 0.5) is 0 Å². The second kappa shape index (κ2) is 4.71. The molecule has 7 nitrogen and oxygen atoms in total. The van der Waals surface area contributed by atoms with E-state index < -0.39 is 10.0 Å². The highest BCUT2D eigenvalue weighted by Gasteiger charge is 2.22. The van der Waals surface area contributed by atoms with Crippen molar-refractivity contribution < 1.29 is 12.9 Å². The molecule has 0 aromatic carbocycles. The Morgan fingerprint density at radius 2 is 2.28 bits per heavy atom. The summed E-state index contributed by atoms with van der Waals surface area (Å²) in [7, 11) is -2.15. The molecule has 2 rings (SSSR count). The minimum Gasteiger partial charge on any atom is -0.361 e. The van der Waals surface area contributed by atoms with Gasteiger partial charge < -0.3 is 9.09 Å². The number of hydrogen-bond donors (Lipinski definition) is 1. The zero-order valence-corrected chi connectivity index (χ0v) is 11.3. The zero-order valence-electron chi connectivity index (χ0n) is 9.71. The van der Waals surface area contributed by atoms with Gasteiger partial charge in [0.25, 0.3) is 10.0 Å². The predicted octanol–water partition coefficient (Wildman–Crippen LogP) is 0.848. The minimum absolute atomic E-state index is 0.0204. The summed E-state index contributed by atoms with van der Waals surface area (Å²) >= 11 is 5.83. The Labute approximate surface area is 109 Å². The SMILES string of the molecule is Cc1cc(CNS(=O)(=O)c2ncn(C)c2Cl)no1. The van der Waals surface area contributed by atoms with Crippen LogP contribution < -0.4 is 4.72 Å². The maximum absolute atomic E-state index is 11.9. The first-order valence-electron chi connectivity index (χ1n) is 4.99. The number of nitrogens with zero attached hydrogens (tertiary/aromatic N) is 3. The van der Waals surface area contributed by atoms with Crippen molar-refractivity contribution in [2.45, 2.75) is 18.5 Å². The second-order valence-corrected chi connectivity index (χ2v) is 5.75. The summed E-state index contributed by atoms with van der Waals surface area (Å²) in [5, 5.41) is 3.53. The molecule has 0 amide bonds. The van der Waals surface area contributed by atoms with E-state index in [0.717, 1.165) is 0 Å². The van der Waals surface area contributed by atoms with E-state index in [4.69, 9.17) is 16.1 Å². The fourth-order valence-electron chi connectivity index (χ4n) is 1.31. The summed E-state index contributed by atoms with van der Waals surface area (Å²) in [6, 6.07) is 1.64. The summed E-state index contributed by atoms with van der Waals surface area (Å²) in [6.07, 6.45) is 1.33. The summed E-state index contributed by atoms with van der Waals surface area (Å²) in [5.41, 5.74) is 0.489. The molecule has 2 heterocycles. The highest BCUT2D eigenvalue weighted by Crippen LogP contribution is 2.18. The van der Waals surface area contributed by atoms with E-state index in [-0.39, 0.29) is 16.7 Å². The van der Waals surface area contributed by atoms with Crippen molar-refractivity contribution >= 4 is 21.6 Å². The van der Waals surface area contributed by atoms with E-state index in [1.165, 1.54) is 10.9 Å². The number of aromatic nitrogens is 3. The third-order valence-electron chi connectivity index (χ3n) is 2.21. The topological polar surface area (TPSA) is 90.0 Å². The summed E-state index contributed by atoms with van der Waals surface area (Å²) in [4.78, 5) is 3.74. The molecule has 0 bridgehead atoms. The van der Waals surface area contributed by atoms with Crippen LogP contribution in [-0.2, 0) is 23.6 Å². The molecule has 2 aromatic rings. The van der Waals surface area contributed by atoms with Crippen LogP contribution in [0.2, 0.25) is 5.15 Å². The van der Waals surface area contributed by atoms with Gasteiger partial charge in [-0.05, 0) is 6.92 Å². The first-order valence-corrected chi connectivity index (χ1v) is 6.85. The molecule has 98 valence electrons. The van der Waals surface area contributed by atoms with Gasteiger partial charge in [-0.25, -0.2) is 18.1 Å². The number of imidazole rings is 1. The standard InChI is InChI=1S/C9H11ClN4O3S/c1-6-3-7(13-17-6)4-12-18(15,16)9-8(10)14(2)5-11-9/h3,5,12H,4H2,1-2H3. The molecule has 0 aliphatic heterocycles. The van der Waals surface area contributed by atoms with E-state index in [1.807, 2.05) is 0 Å². The molecule has 0 aliphatic carbocycles. The van der Waals surface area contributed by atoms with Gasteiger partial charge in [0, 0.05) is 13.1 Å². The Kier molecular flexibility index (Phi) is 3.42. The average Bonchev–Trinajstić information content (AvgIpc) is 2.85. The third kappa shape index (κ3) is 2.55. The van der Waals surface area contributed by atoms with Crippen molar-refractivity contribution in [3.05, 3.63) is 29.0 Å². The minimum atomic E-state index is -3.75. The van der Waals surface area contributed by atoms with Gasteiger partial charge in [0.1, 0.15) is 10.9 Å². The van der Waals surface area contributed by atoms with E-state index >= 15 is 0 Å². The number of rotatable bonds is 4. The molecule has 0 saturated carbocycles. The number of sulfonamides is 1. The van der Waals surface area contributed by atoms with Gasteiger partial charge in [-0.15, -0.1) is 0 Å². The molecule has 0 fully saturated rings. The maximum Gasteiger partial charge on any atom is 0.261 e. The van der Waals surface area contributed by atoms with Crippen molar-refractivity contribution in [1.29, 1.82) is 0 Å². The Balaban J connectivity index is 2.15. The summed E-state index contributed by atoms with van der Waals surface area (Å²) < 4.78 is 32.4. The van der Waals surface area contributed by atoms with E-state index in [1.54, 1.807) is 20.0 Å². The first kappa shape index (κ1) is 13.1. The molecule has 1 N–H and O–H groups in total. The fraction of sp³-hybridized carbons (Fsp3) is 0.333. The molecular weight excluding hydrogens is 280 g/mol. The molecule has 0 spiro atoms. The smallest absolute Gasteiger partial charge is 0.261 e. The number of hydrogen-bond acceptors (Lipinski definition) is 5. The molecule has 0 unspecified atom stereocenters. The Morgan fingerprint density at radius 3 is 2.78 bits per heavy atom. The summed E-state index contributed by atoms with van der Waals surface area (Å²) in [6.45, 7) is 1.74. The first-order chi connectivity index (χ1) is 8.40. The van der Waals surface area contributed by atoms with Crippen molar-refractivity contribution in [3.63, 3.8) is 0 Å². The van der Waals surface area contributed by atoms with Crippen LogP contribution >= 0.6 is 11.6 Å². The van der Waals surface area contributed by atoms with Crippen LogP contribution in [-0.4, -0.2) is 23.1 Å². The van der Waals surface area contributed by atoms with Crippen LogP contribution in [0.25, 0.3) is 0 Å². The van der Waals surface area contributed by atoms with Gasteiger partial charge in [-0.1, -0.05) is 16.8 Å². The molecule has 0 saturated heterocycles. The molecular formula is C9H11ClN4O3S. The highest BCUT2D eigenvalue weighted by molar-refractivity contribution is 7.89. The van der Waals surface area contributed by atoms with Crippen molar-refractivity contribution in [2.24, 2.45) is 7.05 Å². The molecule has 0 aliphatic rings. The molecule has 9 heteroatoms. The highest BCUT2D eigenvalue weighted by atomic mass is 35.5. The van der Waals surface area contributed by atoms with Crippen molar-refractivity contribution in [2.75, 3.05) is 0 Å². The van der Waals surface area contributed by atoms with Gasteiger partial charge >= 0.3 is 0 Å². The van der Waals surface area contributed by atoms with Crippen molar-refractivity contribution in [1.82, 2.24) is 19.4 Å². The van der Waals surface area contributed by atoms with Gasteiger partial charge in [-0.2, -0.15) is 0 Å². The van der Waals surface area contributed by atoms with E-state index in [0.29, 0.717) is 11.5 Å². The molecule has 18 heavy (non-hydrogen) atoms. The Hall–Kier alpha value is -1.38. The van der Waals surface area contributed by atoms with Crippen LogP contribution in [0.15, 0.2) is 21.9 Å². The van der Waals surface area contributed by atoms with E-state index in [9.17, 15) is 8.42 Å². The quantitative estimate of drug-likeness (QED) is 0.901. The lowest BCUT2D eigenvalue weighted by Crippen LogP contribution is -2.24. The lowest BCUT2D eigenvalue weighted by molar-refractivity contribution is 0.390. The molecule has 2 aromatic heterocycles. The second-order valence-electron chi connectivity index (χ2n) is 3.70. The van der Waals surface area contributed by atoms with Gasteiger partial charge in [0.05, 0.1) is 18.6 Å². The number of halogens is 1. The van der Waals surface area contributed by atoms with Crippen LogP contribution in [0, 0.1) is 6.92 Å². The maximum atomic E-state index is 11.9.